The van der Waals surface area contributed by atoms with Crippen LogP contribution in [-0.4, -0.2) is 30.2 Å². The van der Waals surface area contributed by atoms with Gasteiger partial charge in [-0.2, -0.15) is 4.98 Å². The van der Waals surface area contributed by atoms with Gasteiger partial charge in [0.05, 0.1) is 14.2 Å². The predicted octanol–water partition coefficient (Wildman–Crippen LogP) is 5.77. The highest BCUT2D eigenvalue weighted by Gasteiger charge is 2.17. The van der Waals surface area contributed by atoms with E-state index in [9.17, 15) is 0 Å². The van der Waals surface area contributed by atoms with Gasteiger partial charge in [-0.05, 0) is 55.2 Å². The number of rotatable bonds is 9. The molecule has 0 unspecified atom stereocenters. The van der Waals surface area contributed by atoms with E-state index in [2.05, 4.69) is 55.4 Å². The van der Waals surface area contributed by atoms with E-state index < -0.39 is 0 Å². The normalized spacial score (nSPS) is 11.0. The van der Waals surface area contributed by atoms with Gasteiger partial charge in [-0.3, -0.25) is 0 Å². The molecule has 3 aromatic rings. The van der Waals surface area contributed by atoms with Crippen molar-refractivity contribution in [2.45, 2.75) is 46.1 Å². The number of aromatic nitrogens is 2. The summed E-state index contributed by atoms with van der Waals surface area (Å²) in [6, 6.07) is 14.3. The van der Waals surface area contributed by atoms with E-state index in [-0.39, 0.29) is 6.04 Å². The minimum Gasteiger partial charge on any atom is -0.493 e. The van der Waals surface area contributed by atoms with Crippen LogP contribution in [0.25, 0.3) is 0 Å². The number of nitrogens with one attached hydrogen (secondary N) is 2. The van der Waals surface area contributed by atoms with Crippen LogP contribution in [0.3, 0.4) is 0 Å². The van der Waals surface area contributed by atoms with Crippen LogP contribution in [0.15, 0.2) is 48.7 Å². The molecule has 0 fully saturated rings. The average molecular weight is 421 g/mol. The monoisotopic (exact) mass is 420 g/mol. The summed E-state index contributed by atoms with van der Waals surface area (Å²) in [7, 11) is 3.33. The lowest BCUT2D eigenvalue weighted by molar-refractivity contribution is 0.354. The van der Waals surface area contributed by atoms with Gasteiger partial charge >= 0.3 is 0 Å². The van der Waals surface area contributed by atoms with E-state index in [1.807, 2.05) is 36.5 Å². The van der Waals surface area contributed by atoms with Crippen molar-refractivity contribution in [3.63, 3.8) is 0 Å². The van der Waals surface area contributed by atoms with Crippen molar-refractivity contribution < 1.29 is 9.47 Å². The van der Waals surface area contributed by atoms with Crippen molar-refractivity contribution in [1.29, 1.82) is 0 Å². The molecule has 0 amide bonds. The van der Waals surface area contributed by atoms with E-state index >= 15 is 0 Å². The van der Waals surface area contributed by atoms with E-state index in [1.54, 1.807) is 14.2 Å². The topological polar surface area (TPSA) is 68.3 Å². The minimum absolute atomic E-state index is 0.244. The molecule has 0 bridgehead atoms. The first kappa shape index (κ1) is 22.4. The Morgan fingerprint density at radius 2 is 1.58 bits per heavy atom. The van der Waals surface area contributed by atoms with Crippen molar-refractivity contribution in [2.24, 2.45) is 0 Å². The fraction of sp³-hybridized carbons (Fsp3) is 0.360. The second kappa shape index (κ2) is 10.2. The lowest BCUT2D eigenvalue weighted by Crippen LogP contribution is -2.15. The highest BCUT2D eigenvalue weighted by molar-refractivity contribution is 5.58. The van der Waals surface area contributed by atoms with E-state index in [0.29, 0.717) is 18.3 Å². The van der Waals surface area contributed by atoms with Crippen molar-refractivity contribution in [3.8, 4) is 11.5 Å². The number of nitrogens with zero attached hydrogens (tertiary/aromatic N) is 2. The summed E-state index contributed by atoms with van der Waals surface area (Å²) in [5.74, 6) is 3.20. The molecule has 0 aliphatic carbocycles. The lowest BCUT2D eigenvalue weighted by Gasteiger charge is -2.19. The molecule has 164 valence electrons. The zero-order valence-electron chi connectivity index (χ0n) is 19.2. The van der Waals surface area contributed by atoms with Crippen LogP contribution in [0.5, 0.6) is 11.5 Å². The van der Waals surface area contributed by atoms with Crippen molar-refractivity contribution in [1.82, 2.24) is 9.97 Å². The molecular formula is C25H32N4O2. The zero-order chi connectivity index (χ0) is 22.4. The fourth-order valence-corrected chi connectivity index (χ4v) is 3.48. The van der Waals surface area contributed by atoms with Crippen LogP contribution in [0, 0.1) is 0 Å². The van der Waals surface area contributed by atoms with Crippen molar-refractivity contribution >= 4 is 17.5 Å². The Bertz CT molecular complexity index is 1000. The largest absolute Gasteiger partial charge is 0.493 e. The molecule has 31 heavy (non-hydrogen) atoms. The van der Waals surface area contributed by atoms with Gasteiger partial charge in [-0.15, -0.1) is 0 Å². The molecule has 6 heteroatoms. The summed E-state index contributed by atoms with van der Waals surface area (Å²) in [6.07, 6.45) is 2.58. The summed E-state index contributed by atoms with van der Waals surface area (Å²) in [4.78, 5) is 9.34. The Labute approximate surface area is 185 Å². The third kappa shape index (κ3) is 5.66. The molecule has 3 rings (SSSR count). The fourth-order valence-electron chi connectivity index (χ4n) is 3.48. The van der Waals surface area contributed by atoms with Crippen LogP contribution < -0.4 is 20.1 Å². The van der Waals surface area contributed by atoms with Gasteiger partial charge in [0.2, 0.25) is 5.95 Å². The van der Waals surface area contributed by atoms with Crippen LogP contribution >= 0.6 is 0 Å². The summed E-state index contributed by atoms with van der Waals surface area (Å²) >= 11 is 0. The highest BCUT2D eigenvalue weighted by atomic mass is 16.5. The molecule has 0 aliphatic rings. The molecule has 0 saturated carbocycles. The summed E-state index contributed by atoms with van der Waals surface area (Å²) in [5.41, 5.74) is 4.38. The molecule has 2 aromatic carbocycles. The van der Waals surface area contributed by atoms with Gasteiger partial charge in [0.15, 0.2) is 11.5 Å². The maximum atomic E-state index is 5.55. The first-order chi connectivity index (χ1) is 14.9. The standard InChI is InChI=1S/C25H32N4O2/c1-16(2)21-14-23(31-6)22(30-5)13-18(21)12-19-15-26-25(29-24(19)27-17(3)4)28-20-10-8-7-9-11-20/h7-11,13-17H,12H2,1-6H3,(H2,26,27,28,29). The molecule has 0 saturated heterocycles. The molecule has 2 N–H and O–H groups in total. The Morgan fingerprint density at radius 1 is 0.903 bits per heavy atom. The third-order valence-electron chi connectivity index (χ3n) is 4.97. The highest BCUT2D eigenvalue weighted by Crippen LogP contribution is 2.35. The Kier molecular flexibility index (Phi) is 7.34. The second-order valence-corrected chi connectivity index (χ2v) is 8.10. The summed E-state index contributed by atoms with van der Waals surface area (Å²) in [5, 5.41) is 6.75. The number of hydrogen-bond donors (Lipinski definition) is 2. The van der Waals surface area contributed by atoms with Crippen LogP contribution in [0.1, 0.15) is 50.3 Å². The Hall–Kier alpha value is -3.28. The number of ether oxygens (including phenoxy) is 2. The number of benzene rings is 2. The first-order valence-electron chi connectivity index (χ1n) is 10.6. The summed E-state index contributed by atoms with van der Waals surface area (Å²) in [6.45, 7) is 8.57. The van der Waals surface area contributed by atoms with Gasteiger partial charge in [0, 0.05) is 29.9 Å². The van der Waals surface area contributed by atoms with Gasteiger partial charge in [-0.25, -0.2) is 4.98 Å². The van der Waals surface area contributed by atoms with E-state index in [4.69, 9.17) is 14.5 Å². The van der Waals surface area contributed by atoms with Gasteiger partial charge in [-0.1, -0.05) is 32.0 Å². The molecule has 0 aliphatic heterocycles. The molecule has 1 aromatic heterocycles. The Balaban J connectivity index is 1.98. The first-order valence-corrected chi connectivity index (χ1v) is 10.6. The van der Waals surface area contributed by atoms with Crippen LogP contribution in [0.2, 0.25) is 0 Å². The zero-order valence-corrected chi connectivity index (χ0v) is 19.2. The quantitative estimate of drug-likeness (QED) is 0.458. The molecule has 0 atom stereocenters. The van der Waals surface area contributed by atoms with Gasteiger partial charge in [0.1, 0.15) is 5.82 Å². The number of hydrogen-bond acceptors (Lipinski definition) is 6. The van der Waals surface area contributed by atoms with E-state index in [0.717, 1.165) is 28.6 Å². The number of para-hydroxylation sites is 1. The van der Waals surface area contributed by atoms with Crippen molar-refractivity contribution in [3.05, 3.63) is 65.4 Å². The minimum atomic E-state index is 0.244. The molecule has 0 spiro atoms. The number of methoxy groups -OCH3 is 2. The average Bonchev–Trinajstić information content (AvgIpc) is 2.75. The van der Waals surface area contributed by atoms with Gasteiger partial charge in [0.25, 0.3) is 0 Å². The SMILES string of the molecule is COc1cc(Cc2cnc(Nc3ccccc3)nc2NC(C)C)c(C(C)C)cc1OC. The van der Waals surface area contributed by atoms with E-state index in [1.165, 1.54) is 11.1 Å². The van der Waals surface area contributed by atoms with Crippen molar-refractivity contribution in [2.75, 3.05) is 24.9 Å². The van der Waals surface area contributed by atoms with Gasteiger partial charge < -0.3 is 20.1 Å². The maximum Gasteiger partial charge on any atom is 0.229 e. The molecule has 6 nitrogen and oxygen atoms in total. The van der Waals surface area contributed by atoms with Crippen LogP contribution in [0.4, 0.5) is 17.5 Å². The third-order valence-corrected chi connectivity index (χ3v) is 4.97. The van der Waals surface area contributed by atoms with Crippen LogP contribution in [-0.2, 0) is 6.42 Å². The lowest BCUT2D eigenvalue weighted by atomic mass is 9.92. The molecular weight excluding hydrogens is 388 g/mol. The molecule has 1 heterocycles. The smallest absolute Gasteiger partial charge is 0.229 e. The summed E-state index contributed by atoms with van der Waals surface area (Å²) < 4.78 is 11.1. The number of anilines is 3. The second-order valence-electron chi connectivity index (χ2n) is 8.10. The maximum absolute atomic E-state index is 5.55. The predicted molar refractivity (Wildman–Crippen MR) is 127 cm³/mol. The Morgan fingerprint density at radius 3 is 2.19 bits per heavy atom. The molecule has 0 radical (unpaired) electrons.